The molecule has 3 aliphatic rings. The van der Waals surface area contributed by atoms with Gasteiger partial charge in [-0.15, -0.1) is 0 Å². The first-order valence-corrected chi connectivity index (χ1v) is 7.02. The van der Waals surface area contributed by atoms with Crippen LogP contribution >= 0.6 is 0 Å². The van der Waals surface area contributed by atoms with Gasteiger partial charge in [-0.3, -0.25) is 9.59 Å². The molecule has 1 aliphatic heterocycles. The Kier molecular flexibility index (Phi) is 2.68. The lowest BCUT2D eigenvalue weighted by molar-refractivity contribution is -0.152. The van der Waals surface area contributed by atoms with E-state index in [0.29, 0.717) is 24.3 Å². The Balaban J connectivity index is 1.74. The van der Waals surface area contributed by atoms with E-state index in [2.05, 4.69) is 0 Å². The van der Waals surface area contributed by atoms with E-state index >= 15 is 0 Å². The second-order valence-corrected chi connectivity index (χ2v) is 7.05. The molecular weight excluding hydrogens is 246 g/mol. The van der Waals surface area contributed by atoms with E-state index in [4.69, 9.17) is 5.11 Å². The highest BCUT2D eigenvalue weighted by Gasteiger charge is 2.60. The van der Waals surface area contributed by atoms with Gasteiger partial charge in [0.25, 0.3) is 0 Å². The molecule has 5 atom stereocenters. The smallest absolute Gasteiger partial charge is 0.309 e. The minimum absolute atomic E-state index is 0.00958. The predicted molar refractivity (Wildman–Crippen MR) is 67.2 cm³/mol. The van der Waals surface area contributed by atoms with Crippen molar-refractivity contribution in [1.82, 2.24) is 4.90 Å². The van der Waals surface area contributed by atoms with Crippen LogP contribution in [0.1, 0.15) is 33.1 Å². The Hall–Kier alpha value is -1.10. The number of aliphatic carboxylic acids is 1. The minimum Gasteiger partial charge on any atom is -0.481 e. The van der Waals surface area contributed by atoms with Crippen LogP contribution in [-0.4, -0.2) is 45.7 Å². The number of aliphatic hydroxyl groups excluding tert-OH is 1. The molecule has 106 valence electrons. The summed E-state index contributed by atoms with van der Waals surface area (Å²) < 4.78 is 0. The number of carboxylic acids is 1. The maximum atomic E-state index is 12.4. The molecule has 2 N–H and O–H groups in total. The van der Waals surface area contributed by atoms with Gasteiger partial charge in [0.15, 0.2) is 0 Å². The van der Waals surface area contributed by atoms with Crippen molar-refractivity contribution in [2.24, 2.45) is 23.2 Å². The van der Waals surface area contributed by atoms with Gasteiger partial charge >= 0.3 is 5.97 Å². The van der Waals surface area contributed by atoms with Crippen molar-refractivity contribution in [2.75, 3.05) is 6.54 Å². The highest BCUT2D eigenvalue weighted by atomic mass is 16.4. The number of carbonyl (C=O) groups is 2. The molecule has 19 heavy (non-hydrogen) atoms. The average Bonchev–Trinajstić information content (AvgIpc) is 2.87. The molecule has 5 unspecified atom stereocenters. The second kappa shape index (κ2) is 3.95. The van der Waals surface area contributed by atoms with Crippen LogP contribution in [0.5, 0.6) is 0 Å². The number of hydrogen-bond donors (Lipinski definition) is 2. The number of rotatable bonds is 3. The largest absolute Gasteiger partial charge is 0.481 e. The van der Waals surface area contributed by atoms with Gasteiger partial charge in [0.1, 0.15) is 0 Å². The van der Waals surface area contributed by atoms with E-state index in [-0.39, 0.29) is 18.4 Å². The van der Waals surface area contributed by atoms with Gasteiger partial charge in [0.2, 0.25) is 5.91 Å². The molecule has 5 heteroatoms. The molecule has 0 aromatic rings. The summed E-state index contributed by atoms with van der Waals surface area (Å²) in [6, 6.07) is -0.0548. The summed E-state index contributed by atoms with van der Waals surface area (Å²) in [5.74, 6) is 0.247. The molecule has 0 aromatic carbocycles. The molecule has 2 saturated carbocycles. The summed E-state index contributed by atoms with van der Waals surface area (Å²) in [5, 5.41) is 19.3. The zero-order valence-corrected chi connectivity index (χ0v) is 11.4. The molecule has 0 aromatic heterocycles. The quantitative estimate of drug-likeness (QED) is 0.789. The zero-order valence-electron chi connectivity index (χ0n) is 11.4. The number of likely N-dealkylation sites (tertiary alicyclic amines) is 1. The van der Waals surface area contributed by atoms with Crippen molar-refractivity contribution < 1.29 is 19.8 Å². The number of nitrogens with zero attached hydrogens (tertiary/aromatic N) is 1. The number of carboxylic acid groups (broad SMARTS) is 1. The van der Waals surface area contributed by atoms with Gasteiger partial charge in [0, 0.05) is 13.0 Å². The molecule has 2 bridgehead atoms. The fourth-order valence-corrected chi connectivity index (χ4v) is 4.25. The summed E-state index contributed by atoms with van der Waals surface area (Å²) in [7, 11) is 0. The normalized spacial score (nSPS) is 39.9. The molecule has 0 radical (unpaired) electrons. The number of aliphatic hydroxyl groups is 1. The third kappa shape index (κ3) is 1.78. The van der Waals surface area contributed by atoms with Crippen LogP contribution in [-0.2, 0) is 9.59 Å². The van der Waals surface area contributed by atoms with Gasteiger partial charge in [-0.2, -0.15) is 0 Å². The SMILES string of the molecule is CC(C)(CC(=O)N1CC2CC3CC2C1C3O)C(=O)O. The fourth-order valence-electron chi connectivity index (χ4n) is 4.25. The first kappa shape index (κ1) is 12.9. The van der Waals surface area contributed by atoms with Crippen molar-refractivity contribution in [3.05, 3.63) is 0 Å². The van der Waals surface area contributed by atoms with Crippen LogP contribution in [0.4, 0.5) is 0 Å². The van der Waals surface area contributed by atoms with Gasteiger partial charge < -0.3 is 15.1 Å². The lowest BCUT2D eigenvalue weighted by Crippen LogP contribution is -2.45. The summed E-state index contributed by atoms with van der Waals surface area (Å²) in [6.07, 6.45) is 1.66. The van der Waals surface area contributed by atoms with Crippen molar-refractivity contribution in [3.63, 3.8) is 0 Å². The topological polar surface area (TPSA) is 77.8 Å². The third-order valence-electron chi connectivity index (χ3n) is 5.34. The highest BCUT2D eigenvalue weighted by Crippen LogP contribution is 2.55. The first-order valence-electron chi connectivity index (χ1n) is 7.02. The molecule has 0 spiro atoms. The number of amides is 1. The summed E-state index contributed by atoms with van der Waals surface area (Å²) in [5.41, 5.74) is -1.04. The molecule has 1 saturated heterocycles. The maximum absolute atomic E-state index is 12.4. The Morgan fingerprint density at radius 1 is 1.26 bits per heavy atom. The second-order valence-electron chi connectivity index (χ2n) is 7.05. The van der Waals surface area contributed by atoms with E-state index < -0.39 is 17.5 Å². The van der Waals surface area contributed by atoms with E-state index in [1.165, 1.54) is 0 Å². The van der Waals surface area contributed by atoms with Crippen LogP contribution in [0.2, 0.25) is 0 Å². The highest BCUT2D eigenvalue weighted by molar-refractivity contribution is 5.85. The molecule has 1 amide bonds. The zero-order chi connectivity index (χ0) is 13.9. The summed E-state index contributed by atoms with van der Waals surface area (Å²) in [4.78, 5) is 25.2. The lowest BCUT2D eigenvalue weighted by Gasteiger charge is -2.30. The van der Waals surface area contributed by atoms with Gasteiger partial charge in [-0.25, -0.2) is 0 Å². The molecule has 5 nitrogen and oxygen atoms in total. The molecular formula is C14H21NO4. The summed E-state index contributed by atoms with van der Waals surface area (Å²) >= 11 is 0. The Morgan fingerprint density at radius 3 is 2.53 bits per heavy atom. The molecule has 2 aliphatic carbocycles. The van der Waals surface area contributed by atoms with Gasteiger partial charge in [-0.05, 0) is 44.4 Å². The number of carbonyl (C=O) groups excluding carboxylic acids is 1. The summed E-state index contributed by atoms with van der Waals surface area (Å²) in [6.45, 7) is 3.86. The van der Waals surface area contributed by atoms with Gasteiger partial charge in [-0.1, -0.05) is 0 Å². The maximum Gasteiger partial charge on any atom is 0.309 e. The average molecular weight is 267 g/mol. The van der Waals surface area contributed by atoms with Crippen LogP contribution < -0.4 is 0 Å². The van der Waals surface area contributed by atoms with E-state index in [0.717, 1.165) is 12.8 Å². The van der Waals surface area contributed by atoms with Crippen molar-refractivity contribution in [2.45, 2.75) is 45.3 Å². The van der Waals surface area contributed by atoms with E-state index in [9.17, 15) is 14.7 Å². The molecule has 3 rings (SSSR count). The lowest BCUT2D eigenvalue weighted by atomic mass is 9.87. The van der Waals surface area contributed by atoms with Crippen molar-refractivity contribution in [3.8, 4) is 0 Å². The van der Waals surface area contributed by atoms with Crippen LogP contribution in [0.15, 0.2) is 0 Å². The number of fused-ring (bicyclic) bond motifs is 1. The first-order chi connectivity index (χ1) is 8.81. The molecule has 1 heterocycles. The Labute approximate surface area is 112 Å². The van der Waals surface area contributed by atoms with Crippen LogP contribution in [0.25, 0.3) is 0 Å². The van der Waals surface area contributed by atoms with E-state index in [1.54, 1.807) is 18.7 Å². The third-order valence-corrected chi connectivity index (χ3v) is 5.34. The van der Waals surface area contributed by atoms with Crippen LogP contribution in [0, 0.1) is 23.2 Å². The Morgan fingerprint density at radius 2 is 1.95 bits per heavy atom. The van der Waals surface area contributed by atoms with Crippen molar-refractivity contribution >= 4 is 11.9 Å². The number of hydrogen-bond acceptors (Lipinski definition) is 3. The van der Waals surface area contributed by atoms with Crippen molar-refractivity contribution in [1.29, 1.82) is 0 Å². The van der Waals surface area contributed by atoms with E-state index in [1.807, 2.05) is 0 Å². The minimum atomic E-state index is -1.04. The fraction of sp³-hybridized carbons (Fsp3) is 0.857. The Bertz CT molecular complexity index is 431. The monoisotopic (exact) mass is 267 g/mol. The van der Waals surface area contributed by atoms with Crippen LogP contribution in [0.3, 0.4) is 0 Å². The molecule has 3 fully saturated rings. The predicted octanol–water partition coefficient (Wildman–Crippen LogP) is 0.715. The van der Waals surface area contributed by atoms with Gasteiger partial charge in [0.05, 0.1) is 17.6 Å². The standard InChI is InChI=1S/C14H21NO4/c1-14(2,13(18)19)5-10(16)15-6-8-3-7-4-9(8)11(15)12(7)17/h7-9,11-12,17H,3-6H2,1-2H3,(H,18,19).